The first-order chi connectivity index (χ1) is 7.42. The van der Waals surface area contributed by atoms with E-state index in [1.807, 2.05) is 25.7 Å². The Morgan fingerprint density at radius 1 is 1.31 bits per heavy atom. The molecule has 4 nitrogen and oxygen atoms in total. The molecule has 1 saturated heterocycles. The molecule has 16 heavy (non-hydrogen) atoms. The maximum absolute atomic E-state index is 11.9. The standard InChI is InChI=1S/C12H25N3O/c1-5-13-10-6-8-15(9-7-10)11(16)14-12(2,3)4/h10,13H,5-9H2,1-4H3,(H,14,16). The van der Waals surface area contributed by atoms with E-state index in [-0.39, 0.29) is 11.6 Å². The summed E-state index contributed by atoms with van der Waals surface area (Å²) in [5.74, 6) is 0. The number of urea groups is 1. The van der Waals surface area contributed by atoms with Crippen molar-refractivity contribution in [3.8, 4) is 0 Å². The number of nitrogens with one attached hydrogen (secondary N) is 2. The van der Waals surface area contributed by atoms with Crippen LogP contribution in [0.5, 0.6) is 0 Å². The predicted molar refractivity (Wildman–Crippen MR) is 66.6 cm³/mol. The fraction of sp³-hybridized carbons (Fsp3) is 0.917. The maximum Gasteiger partial charge on any atom is 0.317 e. The van der Waals surface area contributed by atoms with Gasteiger partial charge in [0.1, 0.15) is 0 Å². The molecule has 0 bridgehead atoms. The van der Waals surface area contributed by atoms with Crippen LogP contribution in [0.4, 0.5) is 4.79 Å². The zero-order valence-corrected chi connectivity index (χ0v) is 11.0. The molecule has 1 rings (SSSR count). The van der Waals surface area contributed by atoms with E-state index >= 15 is 0 Å². The summed E-state index contributed by atoms with van der Waals surface area (Å²) in [6.45, 7) is 10.9. The van der Waals surface area contributed by atoms with Gasteiger partial charge in [-0.25, -0.2) is 4.79 Å². The average molecular weight is 227 g/mol. The van der Waals surface area contributed by atoms with Crippen molar-refractivity contribution < 1.29 is 4.79 Å². The lowest BCUT2D eigenvalue weighted by atomic mass is 10.1. The number of hydrogen-bond donors (Lipinski definition) is 2. The van der Waals surface area contributed by atoms with Crippen LogP contribution < -0.4 is 10.6 Å². The molecule has 0 atom stereocenters. The first-order valence-corrected chi connectivity index (χ1v) is 6.23. The summed E-state index contributed by atoms with van der Waals surface area (Å²) in [4.78, 5) is 13.8. The summed E-state index contributed by atoms with van der Waals surface area (Å²) in [5.41, 5.74) is -0.143. The molecule has 0 saturated carbocycles. The molecule has 0 aliphatic carbocycles. The van der Waals surface area contributed by atoms with Crippen molar-refractivity contribution in [1.29, 1.82) is 0 Å². The van der Waals surface area contributed by atoms with E-state index in [0.29, 0.717) is 6.04 Å². The van der Waals surface area contributed by atoms with Gasteiger partial charge in [-0.3, -0.25) is 0 Å². The highest BCUT2D eigenvalue weighted by Crippen LogP contribution is 2.11. The van der Waals surface area contributed by atoms with Crippen LogP contribution in [0.25, 0.3) is 0 Å². The van der Waals surface area contributed by atoms with Crippen LogP contribution in [0.3, 0.4) is 0 Å². The third-order valence-electron chi connectivity index (χ3n) is 2.76. The zero-order valence-electron chi connectivity index (χ0n) is 11.0. The summed E-state index contributed by atoms with van der Waals surface area (Å²) >= 11 is 0. The molecule has 0 aromatic rings. The Kier molecular flexibility index (Phi) is 4.59. The molecule has 1 aliphatic rings. The second-order valence-electron chi connectivity index (χ2n) is 5.50. The molecule has 0 spiro atoms. The normalized spacial score (nSPS) is 18.6. The second-order valence-corrected chi connectivity index (χ2v) is 5.50. The van der Waals surface area contributed by atoms with Crippen LogP contribution in [0.1, 0.15) is 40.5 Å². The van der Waals surface area contributed by atoms with Crippen LogP contribution in [0.15, 0.2) is 0 Å². The molecule has 0 unspecified atom stereocenters. The van der Waals surface area contributed by atoms with Gasteiger partial charge in [0.2, 0.25) is 0 Å². The fourth-order valence-corrected chi connectivity index (χ4v) is 1.98. The average Bonchev–Trinajstić information content (AvgIpc) is 2.16. The Morgan fingerprint density at radius 2 is 1.88 bits per heavy atom. The predicted octanol–water partition coefficient (Wildman–Crippen LogP) is 1.57. The summed E-state index contributed by atoms with van der Waals surface area (Å²) < 4.78 is 0. The lowest BCUT2D eigenvalue weighted by molar-refractivity contribution is 0.169. The Morgan fingerprint density at radius 3 is 2.31 bits per heavy atom. The van der Waals surface area contributed by atoms with Gasteiger partial charge in [-0.15, -0.1) is 0 Å². The number of carbonyl (C=O) groups excluding carboxylic acids is 1. The topological polar surface area (TPSA) is 44.4 Å². The van der Waals surface area contributed by atoms with E-state index in [2.05, 4.69) is 17.6 Å². The highest BCUT2D eigenvalue weighted by Gasteiger charge is 2.24. The summed E-state index contributed by atoms with van der Waals surface area (Å²) in [5, 5.41) is 6.44. The Bertz CT molecular complexity index is 227. The van der Waals surface area contributed by atoms with Gasteiger partial charge in [0, 0.05) is 24.7 Å². The lowest BCUT2D eigenvalue weighted by Crippen LogP contribution is -2.52. The number of nitrogens with zero attached hydrogens (tertiary/aromatic N) is 1. The SMILES string of the molecule is CCNC1CCN(C(=O)NC(C)(C)C)CC1. The summed E-state index contributed by atoms with van der Waals surface area (Å²) in [6, 6.07) is 0.658. The molecule has 0 radical (unpaired) electrons. The summed E-state index contributed by atoms with van der Waals surface area (Å²) in [6.07, 6.45) is 2.12. The molecular formula is C12H25N3O. The third-order valence-corrected chi connectivity index (χ3v) is 2.76. The molecule has 0 aromatic heterocycles. The van der Waals surface area contributed by atoms with Gasteiger partial charge in [0.05, 0.1) is 0 Å². The first-order valence-electron chi connectivity index (χ1n) is 6.23. The minimum absolute atomic E-state index is 0.0717. The number of carbonyl (C=O) groups is 1. The number of amides is 2. The monoisotopic (exact) mass is 227 g/mol. The maximum atomic E-state index is 11.9. The van der Waals surface area contributed by atoms with Gasteiger partial charge in [-0.2, -0.15) is 0 Å². The van der Waals surface area contributed by atoms with Crippen molar-refractivity contribution in [3.63, 3.8) is 0 Å². The zero-order chi connectivity index (χ0) is 12.2. The van der Waals surface area contributed by atoms with E-state index in [1.54, 1.807) is 0 Å². The van der Waals surface area contributed by atoms with Crippen molar-refractivity contribution in [2.45, 2.75) is 52.1 Å². The number of rotatable bonds is 2. The quantitative estimate of drug-likeness (QED) is 0.752. The summed E-state index contributed by atoms with van der Waals surface area (Å²) in [7, 11) is 0. The smallest absolute Gasteiger partial charge is 0.317 e. The molecular weight excluding hydrogens is 202 g/mol. The number of hydrogen-bond acceptors (Lipinski definition) is 2. The van der Waals surface area contributed by atoms with E-state index < -0.39 is 0 Å². The highest BCUT2D eigenvalue weighted by atomic mass is 16.2. The van der Waals surface area contributed by atoms with E-state index in [4.69, 9.17) is 0 Å². The van der Waals surface area contributed by atoms with Crippen molar-refractivity contribution in [2.75, 3.05) is 19.6 Å². The van der Waals surface area contributed by atoms with E-state index in [0.717, 1.165) is 32.5 Å². The Labute approximate surface area is 98.8 Å². The van der Waals surface area contributed by atoms with Gasteiger partial charge in [-0.1, -0.05) is 6.92 Å². The molecule has 0 aromatic carbocycles. The first kappa shape index (κ1) is 13.3. The van der Waals surface area contributed by atoms with Crippen molar-refractivity contribution in [1.82, 2.24) is 15.5 Å². The van der Waals surface area contributed by atoms with Gasteiger partial charge < -0.3 is 15.5 Å². The van der Waals surface area contributed by atoms with Crippen LogP contribution in [0.2, 0.25) is 0 Å². The minimum atomic E-state index is -0.143. The van der Waals surface area contributed by atoms with Gasteiger partial charge in [-0.05, 0) is 40.2 Å². The van der Waals surface area contributed by atoms with Gasteiger partial charge in [0.15, 0.2) is 0 Å². The Balaban J connectivity index is 2.33. The van der Waals surface area contributed by atoms with Crippen molar-refractivity contribution in [2.24, 2.45) is 0 Å². The van der Waals surface area contributed by atoms with Crippen LogP contribution in [-0.2, 0) is 0 Å². The van der Waals surface area contributed by atoms with E-state index in [9.17, 15) is 4.79 Å². The highest BCUT2D eigenvalue weighted by molar-refractivity contribution is 5.75. The third kappa shape index (κ3) is 4.39. The number of piperidine rings is 1. The molecule has 1 heterocycles. The largest absolute Gasteiger partial charge is 0.333 e. The molecule has 4 heteroatoms. The van der Waals surface area contributed by atoms with Crippen LogP contribution in [-0.4, -0.2) is 42.1 Å². The van der Waals surface area contributed by atoms with Gasteiger partial charge in [0.25, 0.3) is 0 Å². The molecule has 2 N–H and O–H groups in total. The molecule has 1 aliphatic heterocycles. The molecule has 1 fully saturated rings. The van der Waals surface area contributed by atoms with E-state index in [1.165, 1.54) is 0 Å². The Hall–Kier alpha value is -0.770. The van der Waals surface area contributed by atoms with Crippen LogP contribution in [0, 0.1) is 0 Å². The van der Waals surface area contributed by atoms with Crippen LogP contribution >= 0.6 is 0 Å². The van der Waals surface area contributed by atoms with Gasteiger partial charge >= 0.3 is 6.03 Å². The molecule has 94 valence electrons. The van der Waals surface area contributed by atoms with Crippen molar-refractivity contribution >= 4 is 6.03 Å². The lowest BCUT2D eigenvalue weighted by Gasteiger charge is -2.34. The second kappa shape index (κ2) is 5.53. The van der Waals surface area contributed by atoms with Crippen molar-refractivity contribution in [3.05, 3.63) is 0 Å². The molecule has 2 amide bonds. The number of likely N-dealkylation sites (tertiary alicyclic amines) is 1. The minimum Gasteiger partial charge on any atom is -0.333 e. The fourth-order valence-electron chi connectivity index (χ4n) is 1.98.